The summed E-state index contributed by atoms with van der Waals surface area (Å²) in [5.74, 6) is -2.79. The van der Waals surface area contributed by atoms with Crippen LogP contribution in [0.2, 0.25) is 0 Å². The van der Waals surface area contributed by atoms with E-state index in [2.05, 4.69) is 0 Å². The topological polar surface area (TPSA) is 112 Å². The third-order valence-corrected chi connectivity index (χ3v) is 3.44. The molecule has 1 aromatic heterocycles. The van der Waals surface area contributed by atoms with Crippen molar-refractivity contribution in [3.63, 3.8) is 0 Å². The summed E-state index contributed by atoms with van der Waals surface area (Å²) in [5, 5.41) is 38.4. The lowest BCUT2D eigenvalue weighted by molar-refractivity contribution is 0.363. The van der Waals surface area contributed by atoms with Gasteiger partial charge in [0.1, 0.15) is 0 Å². The molecule has 0 atom stereocenters. The molecule has 2 aromatic carbocycles. The van der Waals surface area contributed by atoms with Gasteiger partial charge in [-0.2, -0.15) is 0 Å². The van der Waals surface area contributed by atoms with Gasteiger partial charge in [0.15, 0.2) is 0 Å². The van der Waals surface area contributed by atoms with Gasteiger partial charge in [0.2, 0.25) is 23.3 Å². The second kappa shape index (κ2) is 4.92. The zero-order chi connectivity index (χ0) is 15.9. The summed E-state index contributed by atoms with van der Waals surface area (Å²) < 4.78 is 0.942. The number of aromatic hydroxyl groups is 4. The van der Waals surface area contributed by atoms with Gasteiger partial charge in [-0.1, -0.05) is 24.3 Å². The van der Waals surface area contributed by atoms with Crippen LogP contribution in [0.4, 0.5) is 5.69 Å². The fourth-order valence-corrected chi connectivity index (χ4v) is 2.25. The molecule has 112 valence electrons. The lowest BCUT2D eigenvalue weighted by atomic mass is 10.1. The SMILES string of the molecule is Nc1ccc(-c2ccc(-n3c(O)c(O)c(O)c3O)cc2)cc1. The van der Waals surface area contributed by atoms with E-state index in [1.54, 1.807) is 36.4 Å². The van der Waals surface area contributed by atoms with Crippen molar-refractivity contribution in [2.45, 2.75) is 0 Å². The first kappa shape index (κ1) is 13.7. The Bertz CT molecular complexity index is 795. The van der Waals surface area contributed by atoms with Crippen LogP contribution in [0.5, 0.6) is 23.3 Å². The first-order valence-electron chi connectivity index (χ1n) is 6.50. The van der Waals surface area contributed by atoms with E-state index in [9.17, 15) is 20.4 Å². The summed E-state index contributed by atoms with van der Waals surface area (Å²) in [6, 6.07) is 14.2. The summed E-state index contributed by atoms with van der Waals surface area (Å²) in [6.07, 6.45) is 0. The van der Waals surface area contributed by atoms with Crippen LogP contribution in [0.25, 0.3) is 16.8 Å². The molecule has 0 spiro atoms. The van der Waals surface area contributed by atoms with Crippen molar-refractivity contribution in [1.29, 1.82) is 0 Å². The molecule has 22 heavy (non-hydrogen) atoms. The second-order valence-electron chi connectivity index (χ2n) is 4.85. The van der Waals surface area contributed by atoms with E-state index in [0.29, 0.717) is 11.4 Å². The second-order valence-corrected chi connectivity index (χ2v) is 4.85. The molecule has 0 radical (unpaired) electrons. The van der Waals surface area contributed by atoms with Crippen molar-refractivity contribution in [3.05, 3.63) is 48.5 Å². The predicted octanol–water partition coefficient (Wildman–Crippen LogP) is 2.55. The van der Waals surface area contributed by atoms with Crippen LogP contribution in [0.3, 0.4) is 0 Å². The Kier molecular flexibility index (Phi) is 3.06. The number of aromatic nitrogens is 1. The highest BCUT2D eigenvalue weighted by molar-refractivity contribution is 5.67. The van der Waals surface area contributed by atoms with Crippen molar-refractivity contribution in [2.24, 2.45) is 0 Å². The minimum Gasteiger partial charge on any atom is -0.500 e. The van der Waals surface area contributed by atoms with E-state index in [0.717, 1.165) is 15.7 Å². The Morgan fingerprint density at radius 3 is 1.50 bits per heavy atom. The fraction of sp³-hybridized carbons (Fsp3) is 0. The van der Waals surface area contributed by atoms with Crippen LogP contribution in [-0.2, 0) is 0 Å². The molecule has 6 N–H and O–H groups in total. The van der Waals surface area contributed by atoms with Gasteiger partial charge in [-0.3, -0.25) is 0 Å². The number of nitrogen functional groups attached to an aromatic ring is 1. The van der Waals surface area contributed by atoms with E-state index < -0.39 is 23.3 Å². The van der Waals surface area contributed by atoms with Gasteiger partial charge in [0.25, 0.3) is 0 Å². The number of nitrogens with zero attached hydrogens (tertiary/aromatic N) is 1. The molecule has 0 amide bonds. The van der Waals surface area contributed by atoms with Gasteiger partial charge in [0.05, 0.1) is 5.69 Å². The average molecular weight is 298 g/mol. The number of nitrogens with two attached hydrogens (primary N) is 1. The third-order valence-electron chi connectivity index (χ3n) is 3.44. The van der Waals surface area contributed by atoms with Crippen LogP contribution >= 0.6 is 0 Å². The van der Waals surface area contributed by atoms with E-state index >= 15 is 0 Å². The van der Waals surface area contributed by atoms with E-state index in [1.807, 2.05) is 12.1 Å². The number of anilines is 1. The maximum atomic E-state index is 9.75. The lowest BCUT2D eigenvalue weighted by Gasteiger charge is -2.08. The number of rotatable bonds is 2. The Hall–Kier alpha value is -3.28. The maximum absolute atomic E-state index is 9.75. The molecule has 0 aliphatic rings. The van der Waals surface area contributed by atoms with E-state index in [1.165, 1.54) is 0 Å². The highest BCUT2D eigenvalue weighted by atomic mass is 16.4. The molecule has 0 fully saturated rings. The molecule has 6 heteroatoms. The largest absolute Gasteiger partial charge is 0.500 e. The minimum atomic E-state index is -0.764. The number of hydrogen-bond acceptors (Lipinski definition) is 5. The van der Waals surface area contributed by atoms with Crippen molar-refractivity contribution in [2.75, 3.05) is 5.73 Å². The molecular weight excluding hydrogens is 284 g/mol. The Morgan fingerprint density at radius 1 is 0.636 bits per heavy atom. The Morgan fingerprint density at radius 2 is 1.05 bits per heavy atom. The maximum Gasteiger partial charge on any atom is 0.246 e. The first-order valence-corrected chi connectivity index (χ1v) is 6.50. The molecular formula is C16H14N2O4. The summed E-state index contributed by atoms with van der Waals surface area (Å²) in [4.78, 5) is 0. The molecule has 6 nitrogen and oxygen atoms in total. The quantitative estimate of drug-likeness (QED) is 0.467. The molecule has 1 heterocycles. The molecule has 0 bridgehead atoms. The highest BCUT2D eigenvalue weighted by Gasteiger charge is 2.22. The Labute approximate surface area is 125 Å². The van der Waals surface area contributed by atoms with Crippen LogP contribution in [-0.4, -0.2) is 25.0 Å². The molecule has 0 saturated carbocycles. The van der Waals surface area contributed by atoms with Crippen LogP contribution in [0.1, 0.15) is 0 Å². The molecule has 0 aliphatic heterocycles. The summed E-state index contributed by atoms with van der Waals surface area (Å²) in [5.41, 5.74) is 8.60. The smallest absolute Gasteiger partial charge is 0.246 e. The zero-order valence-electron chi connectivity index (χ0n) is 11.4. The molecule has 3 rings (SSSR count). The molecule has 3 aromatic rings. The van der Waals surface area contributed by atoms with Crippen molar-refractivity contribution in [1.82, 2.24) is 4.57 Å². The monoisotopic (exact) mass is 298 g/mol. The summed E-state index contributed by atoms with van der Waals surface area (Å²) in [6.45, 7) is 0. The summed E-state index contributed by atoms with van der Waals surface area (Å²) in [7, 11) is 0. The normalized spacial score (nSPS) is 10.7. The fourth-order valence-electron chi connectivity index (χ4n) is 2.25. The van der Waals surface area contributed by atoms with E-state index in [4.69, 9.17) is 5.73 Å². The summed E-state index contributed by atoms with van der Waals surface area (Å²) >= 11 is 0. The zero-order valence-corrected chi connectivity index (χ0v) is 11.4. The van der Waals surface area contributed by atoms with Gasteiger partial charge in [-0.25, -0.2) is 4.57 Å². The Balaban J connectivity index is 2.02. The molecule has 0 unspecified atom stereocenters. The first-order chi connectivity index (χ1) is 10.5. The standard InChI is InChI=1S/C16H14N2O4/c17-11-5-1-9(2-6-11)10-3-7-12(8-4-10)18-15(21)13(19)14(20)16(18)22/h1-8,19-22H,17H2. The van der Waals surface area contributed by atoms with Gasteiger partial charge in [0, 0.05) is 5.69 Å². The predicted molar refractivity (Wildman–Crippen MR) is 82.3 cm³/mol. The van der Waals surface area contributed by atoms with Gasteiger partial charge in [-0.05, 0) is 35.4 Å². The highest BCUT2D eigenvalue weighted by Crippen LogP contribution is 2.46. The van der Waals surface area contributed by atoms with E-state index in [-0.39, 0.29) is 0 Å². The van der Waals surface area contributed by atoms with Crippen LogP contribution in [0.15, 0.2) is 48.5 Å². The van der Waals surface area contributed by atoms with Gasteiger partial charge in [-0.15, -0.1) is 0 Å². The van der Waals surface area contributed by atoms with Crippen molar-refractivity contribution < 1.29 is 20.4 Å². The average Bonchev–Trinajstić information content (AvgIpc) is 2.72. The molecule has 0 saturated heterocycles. The molecule has 0 aliphatic carbocycles. The van der Waals surface area contributed by atoms with Gasteiger partial charge >= 0.3 is 0 Å². The van der Waals surface area contributed by atoms with Crippen LogP contribution < -0.4 is 5.73 Å². The third kappa shape index (κ3) is 2.07. The lowest BCUT2D eigenvalue weighted by Crippen LogP contribution is -1.92. The number of benzene rings is 2. The minimum absolute atomic E-state index is 0.393. The van der Waals surface area contributed by atoms with Crippen LogP contribution in [0, 0.1) is 0 Å². The number of hydrogen-bond donors (Lipinski definition) is 5. The van der Waals surface area contributed by atoms with Crippen molar-refractivity contribution >= 4 is 5.69 Å². The van der Waals surface area contributed by atoms with Gasteiger partial charge < -0.3 is 26.2 Å². The van der Waals surface area contributed by atoms with Crippen molar-refractivity contribution in [3.8, 4) is 40.1 Å².